The average molecular weight is 677 g/mol. The zero-order chi connectivity index (χ0) is 35.5. The predicted octanol–water partition coefficient (Wildman–Crippen LogP) is 9.49. The first-order valence-corrected chi connectivity index (χ1v) is 14.3. The van der Waals surface area contributed by atoms with E-state index in [0.29, 0.717) is 44.0 Å². The maximum atomic E-state index is 13.6. The minimum atomic E-state index is -4.64. The van der Waals surface area contributed by atoms with E-state index in [9.17, 15) is 47.4 Å². The second kappa shape index (κ2) is 11.2. The van der Waals surface area contributed by atoms with Gasteiger partial charge >= 0.3 is 12.4 Å². The van der Waals surface area contributed by atoms with Crippen molar-refractivity contribution in [2.75, 3.05) is 10.6 Å². The highest BCUT2D eigenvalue weighted by atomic mass is 19.4. The maximum Gasteiger partial charge on any atom is 0.416 e. The predicted molar refractivity (Wildman–Crippen MR) is 167 cm³/mol. The summed E-state index contributed by atoms with van der Waals surface area (Å²) in [7, 11) is 0. The van der Waals surface area contributed by atoms with Crippen molar-refractivity contribution in [3.05, 3.63) is 107 Å². The van der Waals surface area contributed by atoms with E-state index in [-0.39, 0.29) is 34.4 Å². The van der Waals surface area contributed by atoms with Crippen molar-refractivity contribution in [1.29, 1.82) is 21.0 Å². The van der Waals surface area contributed by atoms with Crippen LogP contribution in [0.15, 0.2) is 95.7 Å². The third kappa shape index (κ3) is 4.92. The Kier molecular flexibility index (Phi) is 7.06. The van der Waals surface area contributed by atoms with Crippen LogP contribution in [0, 0.1) is 45.3 Å². The molecule has 0 amide bonds. The van der Waals surface area contributed by atoms with Gasteiger partial charge in [-0.25, -0.2) is 0 Å². The van der Waals surface area contributed by atoms with Crippen molar-refractivity contribution in [3.63, 3.8) is 0 Å². The number of alkyl halides is 6. The number of anilines is 2. The number of hydrogen-bond donors (Lipinski definition) is 2. The molecule has 0 aliphatic carbocycles. The summed E-state index contributed by atoms with van der Waals surface area (Å²) in [6.07, 6.45) is -9.29. The first-order chi connectivity index (χ1) is 23.9. The maximum absolute atomic E-state index is 13.6. The zero-order valence-corrected chi connectivity index (χ0v) is 24.8. The zero-order valence-electron chi connectivity index (χ0n) is 24.8. The molecule has 5 aromatic rings. The summed E-state index contributed by atoms with van der Waals surface area (Å²) < 4.78 is 93.8. The highest BCUT2D eigenvalue weighted by Crippen LogP contribution is 2.55. The molecule has 0 aromatic heterocycles. The van der Waals surface area contributed by atoms with Crippen LogP contribution in [-0.2, 0) is 12.4 Å². The van der Waals surface area contributed by atoms with Gasteiger partial charge in [-0.15, -0.1) is 0 Å². The molecule has 2 aliphatic heterocycles. The molecule has 0 unspecified atom stereocenters. The first kappa shape index (κ1) is 31.4. The number of allylic oxidation sites excluding steroid dienone is 2. The smallest absolute Gasteiger partial charge is 0.416 e. The number of halogens is 6. The number of ether oxygens (including phenoxy) is 2. The minimum Gasteiger partial charge on any atom is -0.436 e. The Morgan fingerprint density at radius 1 is 0.500 bits per heavy atom. The summed E-state index contributed by atoms with van der Waals surface area (Å²) in [6, 6.07) is 21.9. The molecule has 5 aromatic carbocycles. The van der Waals surface area contributed by atoms with Gasteiger partial charge in [0.25, 0.3) is 0 Å². The molecular formula is C36H14F6N6O2. The molecule has 0 bridgehead atoms. The lowest BCUT2D eigenvalue weighted by Gasteiger charge is -2.21. The van der Waals surface area contributed by atoms with Crippen molar-refractivity contribution in [2.45, 2.75) is 12.4 Å². The van der Waals surface area contributed by atoms with E-state index < -0.39 is 34.6 Å². The third-order valence-corrected chi connectivity index (χ3v) is 8.16. The Morgan fingerprint density at radius 2 is 0.840 bits per heavy atom. The number of rotatable bonds is 2. The fraction of sp³-hybridized carbons (Fsp3) is 0.0556. The molecule has 2 heterocycles. The van der Waals surface area contributed by atoms with Crippen LogP contribution >= 0.6 is 0 Å². The molecule has 2 N–H and O–H groups in total. The summed E-state index contributed by atoms with van der Waals surface area (Å²) in [5, 5.41) is 45.1. The molecule has 2 aliphatic rings. The topological polar surface area (TPSA) is 138 Å². The van der Waals surface area contributed by atoms with Gasteiger partial charge in [-0.1, -0.05) is 36.4 Å². The van der Waals surface area contributed by atoms with E-state index in [1.54, 1.807) is 48.5 Å². The summed E-state index contributed by atoms with van der Waals surface area (Å²) in [5.41, 5.74) is -0.817. The first-order valence-electron chi connectivity index (χ1n) is 14.3. The second-order valence-corrected chi connectivity index (χ2v) is 10.9. The lowest BCUT2D eigenvalue weighted by molar-refractivity contribution is -0.138. The minimum absolute atomic E-state index is 0.0989. The van der Waals surface area contributed by atoms with Gasteiger partial charge in [0.2, 0.25) is 11.8 Å². The fourth-order valence-corrected chi connectivity index (χ4v) is 5.99. The monoisotopic (exact) mass is 676 g/mol. The van der Waals surface area contributed by atoms with Crippen LogP contribution in [0.4, 0.5) is 37.7 Å². The van der Waals surface area contributed by atoms with E-state index >= 15 is 0 Å². The van der Waals surface area contributed by atoms with E-state index in [4.69, 9.17) is 9.47 Å². The number of hydrogen-bond acceptors (Lipinski definition) is 8. The van der Waals surface area contributed by atoms with Crippen LogP contribution in [0.1, 0.15) is 11.1 Å². The van der Waals surface area contributed by atoms with Crippen LogP contribution in [-0.4, -0.2) is 0 Å². The Balaban J connectivity index is 1.65. The van der Waals surface area contributed by atoms with Gasteiger partial charge in [-0.3, -0.25) is 0 Å². The lowest BCUT2D eigenvalue weighted by Crippen LogP contribution is -2.04. The molecule has 14 heteroatoms. The number of fused-ring (bicyclic) bond motifs is 6. The quantitative estimate of drug-likeness (QED) is 0.107. The van der Waals surface area contributed by atoms with Crippen molar-refractivity contribution < 1.29 is 35.8 Å². The number of nitrogens with zero attached hydrogens (tertiary/aromatic N) is 4. The van der Waals surface area contributed by atoms with E-state index in [2.05, 4.69) is 10.6 Å². The van der Waals surface area contributed by atoms with Crippen LogP contribution in [0.5, 0.6) is 11.5 Å². The van der Waals surface area contributed by atoms with Gasteiger partial charge in [-0.2, -0.15) is 47.4 Å². The largest absolute Gasteiger partial charge is 0.436 e. The Morgan fingerprint density at radius 3 is 1.14 bits per heavy atom. The highest BCUT2D eigenvalue weighted by Gasteiger charge is 2.34. The molecule has 0 spiro atoms. The van der Waals surface area contributed by atoms with E-state index in [0.717, 1.165) is 24.3 Å². The van der Waals surface area contributed by atoms with E-state index in [1.807, 2.05) is 0 Å². The van der Waals surface area contributed by atoms with Gasteiger partial charge in [0.15, 0.2) is 22.6 Å². The van der Waals surface area contributed by atoms with Gasteiger partial charge < -0.3 is 20.1 Å². The highest BCUT2D eigenvalue weighted by molar-refractivity contribution is 6.26. The average Bonchev–Trinajstić information content (AvgIpc) is 3.73. The Labute approximate surface area is 277 Å². The molecule has 0 saturated heterocycles. The molecule has 50 heavy (non-hydrogen) atoms. The van der Waals surface area contributed by atoms with Crippen LogP contribution < -0.4 is 20.1 Å². The lowest BCUT2D eigenvalue weighted by atomic mass is 9.84. The number of nitrogens with one attached hydrogen (secondary N) is 2. The summed E-state index contributed by atoms with van der Waals surface area (Å²) in [5.74, 6) is -0.184. The summed E-state index contributed by atoms with van der Waals surface area (Å²) >= 11 is 0. The second-order valence-electron chi connectivity index (χ2n) is 10.9. The van der Waals surface area contributed by atoms with Gasteiger partial charge in [-0.05, 0) is 58.3 Å². The summed E-state index contributed by atoms with van der Waals surface area (Å²) in [4.78, 5) is 0. The standard InChI is InChI=1S/C36H14F6N6O2/c37-35(38,39)21-5-1-17(2-6-21)27-23-9-11-26-32(50-34(48-26)20(15-45)16-46)30(23)28(18-3-7-22(8-4-18)36(40,41)42)24-10-12-25-31(29(24)27)49-33(47-25)19(13-43)14-44/h1-12,47-48H. The third-order valence-electron chi connectivity index (χ3n) is 8.16. The fourth-order valence-electron chi connectivity index (χ4n) is 5.99. The SMILES string of the molecule is N#CC(C#N)=C1Nc2ccc3c(-c4ccc(C(F)(F)F)cc4)c4c5c(ccc4c(-c4ccc(C(F)(F)F)cc4)c3c2O1)NC(=C(C#N)C#N)O5. The molecule has 0 saturated carbocycles. The van der Waals surface area contributed by atoms with Crippen LogP contribution in [0.3, 0.4) is 0 Å². The van der Waals surface area contributed by atoms with Crippen molar-refractivity contribution >= 4 is 32.9 Å². The van der Waals surface area contributed by atoms with Crippen LogP contribution in [0.2, 0.25) is 0 Å². The van der Waals surface area contributed by atoms with Gasteiger partial charge in [0.05, 0.1) is 22.5 Å². The molecule has 0 atom stereocenters. The number of benzene rings is 5. The van der Waals surface area contributed by atoms with Crippen LogP contribution in [0.25, 0.3) is 43.8 Å². The molecule has 0 radical (unpaired) electrons. The van der Waals surface area contributed by atoms with Crippen molar-refractivity contribution in [3.8, 4) is 58.0 Å². The molecule has 242 valence electrons. The molecule has 7 rings (SSSR count). The Hall–Kier alpha value is -7.16. The molecule has 0 fully saturated rings. The molecule has 8 nitrogen and oxygen atoms in total. The number of nitriles is 4. The normalized spacial score (nSPS) is 13.1. The van der Waals surface area contributed by atoms with Gasteiger partial charge in [0, 0.05) is 21.9 Å². The summed E-state index contributed by atoms with van der Waals surface area (Å²) in [6.45, 7) is 0. The van der Waals surface area contributed by atoms with Crippen molar-refractivity contribution in [1.82, 2.24) is 0 Å². The van der Waals surface area contributed by atoms with E-state index in [1.165, 1.54) is 24.3 Å². The molecular weight excluding hydrogens is 662 g/mol. The van der Waals surface area contributed by atoms with Crippen molar-refractivity contribution in [2.24, 2.45) is 0 Å². The Bertz CT molecular complexity index is 2330. The van der Waals surface area contributed by atoms with Gasteiger partial charge in [0.1, 0.15) is 24.3 Å².